The molecule has 0 unspecified atom stereocenters. The normalized spacial score (nSPS) is 18.0. The number of anilines is 1. The average molecular weight is 368 g/mol. The van der Waals surface area contributed by atoms with E-state index in [-0.39, 0.29) is 24.2 Å². The van der Waals surface area contributed by atoms with E-state index in [1.54, 1.807) is 16.8 Å². The fraction of sp³-hybridized carbons (Fsp3) is 0.455. The van der Waals surface area contributed by atoms with Crippen LogP contribution in [0.25, 0.3) is 0 Å². The zero-order valence-corrected chi connectivity index (χ0v) is 16.6. The maximum absolute atomic E-state index is 12.9. The van der Waals surface area contributed by atoms with E-state index in [4.69, 9.17) is 4.42 Å². The quantitative estimate of drug-likeness (QED) is 0.771. The van der Waals surface area contributed by atoms with E-state index in [2.05, 4.69) is 19.9 Å². The zero-order valence-electron chi connectivity index (χ0n) is 16.6. The van der Waals surface area contributed by atoms with E-state index in [0.717, 1.165) is 23.6 Å². The van der Waals surface area contributed by atoms with Crippen LogP contribution in [0.2, 0.25) is 0 Å². The highest BCUT2D eigenvalue weighted by Gasteiger charge is 2.37. The summed E-state index contributed by atoms with van der Waals surface area (Å²) in [5.41, 5.74) is 2.11. The van der Waals surface area contributed by atoms with E-state index in [9.17, 15) is 9.59 Å². The molecule has 2 heterocycles. The fourth-order valence-electron chi connectivity index (χ4n) is 3.67. The van der Waals surface area contributed by atoms with Crippen molar-refractivity contribution in [3.8, 4) is 0 Å². The number of para-hydroxylation sites is 1. The van der Waals surface area contributed by atoms with Gasteiger partial charge < -0.3 is 14.2 Å². The largest absolute Gasteiger partial charge is 0.464 e. The summed E-state index contributed by atoms with van der Waals surface area (Å²) < 4.78 is 5.56. The van der Waals surface area contributed by atoms with Gasteiger partial charge in [0.25, 0.3) is 0 Å². The Kier molecular flexibility index (Phi) is 5.68. The van der Waals surface area contributed by atoms with Crippen LogP contribution in [0.5, 0.6) is 0 Å². The summed E-state index contributed by atoms with van der Waals surface area (Å²) in [6.45, 7) is 7.05. The molecule has 1 aromatic heterocycles. The van der Waals surface area contributed by atoms with Crippen LogP contribution in [-0.2, 0) is 16.1 Å². The molecule has 2 aromatic rings. The molecule has 0 radical (unpaired) electrons. The Morgan fingerprint density at radius 1 is 1.30 bits per heavy atom. The minimum atomic E-state index is -0.316. The third-order valence-electron chi connectivity index (χ3n) is 5.41. The van der Waals surface area contributed by atoms with Gasteiger partial charge >= 0.3 is 0 Å². The first-order valence-electron chi connectivity index (χ1n) is 9.60. The molecule has 2 atom stereocenters. The molecule has 1 aliphatic rings. The maximum Gasteiger partial charge on any atom is 0.228 e. The first-order valence-corrected chi connectivity index (χ1v) is 9.60. The van der Waals surface area contributed by atoms with E-state index in [1.165, 1.54) is 5.56 Å². The molecule has 3 rings (SSSR count). The van der Waals surface area contributed by atoms with Gasteiger partial charge in [-0.25, -0.2) is 0 Å². The standard InChI is InChI=1S/C22H28N2O3/c1-5-15(2)19-8-6-7-9-20(19)24-13-17(12-21(24)25)22(26)23(4)14-18-11-10-16(3)27-18/h6-11,15,17H,5,12-14H2,1-4H3/t15-,17+/m0/s1. The molecular formula is C22H28N2O3. The maximum atomic E-state index is 12.9. The second-order valence-electron chi connectivity index (χ2n) is 7.48. The van der Waals surface area contributed by atoms with Gasteiger partial charge in [0, 0.05) is 25.7 Å². The van der Waals surface area contributed by atoms with E-state index in [0.29, 0.717) is 19.0 Å². The molecule has 27 heavy (non-hydrogen) atoms. The van der Waals surface area contributed by atoms with Crippen molar-refractivity contribution in [1.29, 1.82) is 0 Å². The Morgan fingerprint density at radius 3 is 2.70 bits per heavy atom. The van der Waals surface area contributed by atoms with E-state index < -0.39 is 0 Å². The number of rotatable bonds is 6. The summed E-state index contributed by atoms with van der Waals surface area (Å²) in [5, 5.41) is 0. The first-order chi connectivity index (χ1) is 12.9. The number of carbonyl (C=O) groups excluding carboxylic acids is 2. The van der Waals surface area contributed by atoms with Crippen molar-refractivity contribution in [2.75, 3.05) is 18.5 Å². The summed E-state index contributed by atoms with van der Waals surface area (Å²) in [4.78, 5) is 29.0. The van der Waals surface area contributed by atoms with Crippen molar-refractivity contribution in [3.63, 3.8) is 0 Å². The summed E-state index contributed by atoms with van der Waals surface area (Å²) in [5.74, 6) is 1.64. The Labute approximate surface area is 160 Å². The minimum absolute atomic E-state index is 0.0130. The Hall–Kier alpha value is -2.56. The summed E-state index contributed by atoms with van der Waals surface area (Å²) in [6, 6.07) is 11.8. The predicted molar refractivity (Wildman–Crippen MR) is 106 cm³/mol. The van der Waals surface area contributed by atoms with Crippen LogP contribution in [0.1, 0.15) is 49.7 Å². The Balaban J connectivity index is 1.73. The highest BCUT2D eigenvalue weighted by molar-refractivity contribution is 6.00. The van der Waals surface area contributed by atoms with Crippen molar-refractivity contribution >= 4 is 17.5 Å². The van der Waals surface area contributed by atoms with Crippen LogP contribution < -0.4 is 4.90 Å². The molecule has 0 N–H and O–H groups in total. The van der Waals surface area contributed by atoms with Crippen molar-refractivity contribution in [3.05, 3.63) is 53.5 Å². The molecule has 1 saturated heterocycles. The number of carbonyl (C=O) groups is 2. The average Bonchev–Trinajstić information content (AvgIpc) is 3.25. The van der Waals surface area contributed by atoms with Gasteiger partial charge in [0.1, 0.15) is 11.5 Å². The molecular weight excluding hydrogens is 340 g/mol. The molecule has 1 aliphatic heterocycles. The number of amides is 2. The third-order valence-corrected chi connectivity index (χ3v) is 5.41. The second-order valence-corrected chi connectivity index (χ2v) is 7.48. The Bertz CT molecular complexity index is 826. The highest BCUT2D eigenvalue weighted by atomic mass is 16.3. The monoisotopic (exact) mass is 368 g/mol. The van der Waals surface area contributed by atoms with Crippen molar-refractivity contribution < 1.29 is 14.0 Å². The number of hydrogen-bond donors (Lipinski definition) is 0. The lowest BCUT2D eigenvalue weighted by molar-refractivity contribution is -0.135. The first kappa shape index (κ1) is 19.2. The topological polar surface area (TPSA) is 53.8 Å². The summed E-state index contributed by atoms with van der Waals surface area (Å²) >= 11 is 0. The molecule has 0 spiro atoms. The van der Waals surface area contributed by atoms with Crippen LogP contribution >= 0.6 is 0 Å². The van der Waals surface area contributed by atoms with E-state index >= 15 is 0 Å². The van der Waals surface area contributed by atoms with Gasteiger partial charge in [-0.2, -0.15) is 0 Å². The molecule has 5 heteroatoms. The molecule has 2 amide bonds. The number of hydrogen-bond acceptors (Lipinski definition) is 3. The van der Waals surface area contributed by atoms with Gasteiger partial charge in [-0.05, 0) is 43.0 Å². The smallest absolute Gasteiger partial charge is 0.228 e. The highest BCUT2D eigenvalue weighted by Crippen LogP contribution is 2.34. The number of aryl methyl sites for hydroxylation is 1. The molecule has 1 aromatic carbocycles. The zero-order chi connectivity index (χ0) is 19.6. The van der Waals surface area contributed by atoms with Crippen LogP contribution in [-0.4, -0.2) is 30.3 Å². The summed E-state index contributed by atoms with van der Waals surface area (Å²) in [7, 11) is 1.76. The lowest BCUT2D eigenvalue weighted by Gasteiger charge is -2.24. The third kappa shape index (κ3) is 4.07. The minimum Gasteiger partial charge on any atom is -0.464 e. The molecule has 0 bridgehead atoms. The molecule has 1 fully saturated rings. The SMILES string of the molecule is CC[C@H](C)c1ccccc1N1C[C@H](C(=O)N(C)Cc2ccc(C)o2)CC1=O. The van der Waals surface area contributed by atoms with Crippen molar-refractivity contribution in [2.24, 2.45) is 5.92 Å². The molecule has 144 valence electrons. The second kappa shape index (κ2) is 7.99. The van der Waals surface area contributed by atoms with Crippen molar-refractivity contribution in [2.45, 2.75) is 46.1 Å². The summed E-state index contributed by atoms with van der Waals surface area (Å²) in [6.07, 6.45) is 1.27. The number of furan rings is 1. The van der Waals surface area contributed by atoms with Crippen LogP contribution in [0.4, 0.5) is 5.69 Å². The van der Waals surface area contributed by atoms with Gasteiger partial charge in [-0.3, -0.25) is 9.59 Å². The molecule has 0 saturated carbocycles. The van der Waals surface area contributed by atoms with Crippen LogP contribution in [0.15, 0.2) is 40.8 Å². The van der Waals surface area contributed by atoms with Gasteiger partial charge in [-0.1, -0.05) is 32.0 Å². The number of nitrogens with zero attached hydrogens (tertiary/aromatic N) is 2. The van der Waals surface area contributed by atoms with Crippen molar-refractivity contribution in [1.82, 2.24) is 4.90 Å². The Morgan fingerprint density at radius 2 is 2.04 bits per heavy atom. The number of benzene rings is 1. The molecule has 0 aliphatic carbocycles. The van der Waals surface area contributed by atoms with Gasteiger partial charge in [0.05, 0.1) is 12.5 Å². The van der Waals surface area contributed by atoms with Gasteiger partial charge in [-0.15, -0.1) is 0 Å². The van der Waals surface area contributed by atoms with Gasteiger partial charge in [0.2, 0.25) is 11.8 Å². The van der Waals surface area contributed by atoms with Crippen LogP contribution in [0.3, 0.4) is 0 Å². The lowest BCUT2D eigenvalue weighted by atomic mass is 9.96. The van der Waals surface area contributed by atoms with E-state index in [1.807, 2.05) is 37.3 Å². The molecule has 5 nitrogen and oxygen atoms in total. The van der Waals surface area contributed by atoms with Crippen LogP contribution in [0, 0.1) is 12.8 Å². The fourth-order valence-corrected chi connectivity index (χ4v) is 3.67. The van der Waals surface area contributed by atoms with Gasteiger partial charge in [0.15, 0.2) is 0 Å². The predicted octanol–water partition coefficient (Wildman–Crippen LogP) is 4.11. The lowest BCUT2D eigenvalue weighted by Crippen LogP contribution is -2.34.